The highest BCUT2D eigenvalue weighted by Gasteiger charge is 2.28. The number of rotatable bonds is 6. The molecule has 0 spiro atoms. The van der Waals surface area contributed by atoms with Crippen molar-refractivity contribution in [3.63, 3.8) is 0 Å². The van der Waals surface area contributed by atoms with Crippen molar-refractivity contribution in [3.05, 3.63) is 65.8 Å². The lowest BCUT2D eigenvalue weighted by Crippen LogP contribution is -2.23. The molecule has 0 bridgehead atoms. The number of furan rings is 1. The van der Waals surface area contributed by atoms with E-state index in [1.165, 1.54) is 0 Å². The summed E-state index contributed by atoms with van der Waals surface area (Å²) in [5, 5.41) is 12.4. The molecule has 0 amide bonds. The zero-order chi connectivity index (χ0) is 19.5. The Morgan fingerprint density at radius 3 is 2.96 bits per heavy atom. The summed E-state index contributed by atoms with van der Waals surface area (Å²) in [5.41, 5.74) is 1.78. The standard InChI is InChI=1S/C21H22N4O3/c1-22-20-12-23-11-17(24-20)18-7-4-10-25(18)13-14-8-9-19(28-14)15-5-2-3-6-16(15)21(26)27/h2-3,5-6,8-9,11-12,18H,4,7,10,13H2,1H3,(H,22,24)(H,26,27). The van der Waals surface area contributed by atoms with Crippen LogP contribution in [0.3, 0.4) is 0 Å². The van der Waals surface area contributed by atoms with Gasteiger partial charge in [-0.25, -0.2) is 9.78 Å². The second kappa shape index (κ2) is 7.82. The minimum Gasteiger partial charge on any atom is -0.478 e. The number of anilines is 1. The Hall–Kier alpha value is -3.19. The van der Waals surface area contributed by atoms with Crippen LogP contribution in [0.25, 0.3) is 11.3 Å². The molecule has 1 unspecified atom stereocenters. The summed E-state index contributed by atoms with van der Waals surface area (Å²) in [6, 6.07) is 10.8. The van der Waals surface area contributed by atoms with Crippen molar-refractivity contribution in [2.45, 2.75) is 25.4 Å². The van der Waals surface area contributed by atoms with Crippen molar-refractivity contribution in [2.75, 3.05) is 18.9 Å². The van der Waals surface area contributed by atoms with Gasteiger partial charge >= 0.3 is 5.97 Å². The van der Waals surface area contributed by atoms with E-state index < -0.39 is 5.97 Å². The first-order valence-electron chi connectivity index (χ1n) is 9.31. The highest BCUT2D eigenvalue weighted by molar-refractivity contribution is 5.95. The lowest BCUT2D eigenvalue weighted by molar-refractivity contribution is 0.0697. The van der Waals surface area contributed by atoms with E-state index in [4.69, 9.17) is 4.42 Å². The molecular weight excluding hydrogens is 356 g/mol. The zero-order valence-corrected chi connectivity index (χ0v) is 15.6. The second-order valence-electron chi connectivity index (χ2n) is 6.82. The van der Waals surface area contributed by atoms with Crippen LogP contribution >= 0.6 is 0 Å². The third-order valence-corrected chi connectivity index (χ3v) is 5.06. The Balaban J connectivity index is 1.54. The number of hydrogen-bond donors (Lipinski definition) is 2. The molecule has 0 aliphatic carbocycles. The fourth-order valence-corrected chi connectivity index (χ4v) is 3.70. The molecule has 0 saturated carbocycles. The van der Waals surface area contributed by atoms with Gasteiger partial charge in [-0.15, -0.1) is 0 Å². The van der Waals surface area contributed by atoms with Gasteiger partial charge in [0.25, 0.3) is 0 Å². The number of carboxylic acids is 1. The molecule has 1 aromatic carbocycles. The van der Waals surface area contributed by atoms with Crippen molar-refractivity contribution in [2.24, 2.45) is 0 Å². The van der Waals surface area contributed by atoms with Gasteiger partial charge in [0.05, 0.1) is 36.2 Å². The lowest BCUT2D eigenvalue weighted by Gasteiger charge is -2.23. The summed E-state index contributed by atoms with van der Waals surface area (Å²) in [6.45, 7) is 1.60. The third kappa shape index (κ3) is 3.61. The van der Waals surface area contributed by atoms with Gasteiger partial charge in [-0.3, -0.25) is 9.88 Å². The monoisotopic (exact) mass is 378 g/mol. The Labute approximate surface area is 163 Å². The molecule has 4 rings (SSSR count). The maximum atomic E-state index is 11.5. The first kappa shape index (κ1) is 18.2. The second-order valence-corrected chi connectivity index (χ2v) is 6.82. The summed E-state index contributed by atoms with van der Waals surface area (Å²) < 4.78 is 6.00. The molecule has 1 fully saturated rings. The number of nitrogens with zero attached hydrogens (tertiary/aromatic N) is 3. The van der Waals surface area contributed by atoms with Crippen LogP contribution in [0.2, 0.25) is 0 Å². The highest BCUT2D eigenvalue weighted by atomic mass is 16.4. The Morgan fingerprint density at radius 1 is 1.29 bits per heavy atom. The zero-order valence-electron chi connectivity index (χ0n) is 15.6. The Bertz CT molecular complexity index is 985. The minimum atomic E-state index is -0.962. The van der Waals surface area contributed by atoms with Gasteiger partial charge in [-0.2, -0.15) is 0 Å². The summed E-state index contributed by atoms with van der Waals surface area (Å²) in [5.74, 6) is 1.17. The van der Waals surface area contributed by atoms with Crippen LogP contribution in [0.4, 0.5) is 5.82 Å². The first-order valence-corrected chi connectivity index (χ1v) is 9.31. The highest BCUT2D eigenvalue weighted by Crippen LogP contribution is 2.33. The van der Waals surface area contributed by atoms with Gasteiger partial charge in [-0.1, -0.05) is 18.2 Å². The lowest BCUT2D eigenvalue weighted by atomic mass is 10.1. The predicted molar refractivity (Wildman–Crippen MR) is 105 cm³/mol. The normalized spacial score (nSPS) is 17.0. The molecule has 0 radical (unpaired) electrons. The summed E-state index contributed by atoms with van der Waals surface area (Å²) in [4.78, 5) is 22.7. The van der Waals surface area contributed by atoms with E-state index in [1.807, 2.05) is 31.4 Å². The molecule has 1 aliphatic heterocycles. The molecule has 7 nitrogen and oxygen atoms in total. The van der Waals surface area contributed by atoms with Gasteiger partial charge in [0, 0.05) is 12.6 Å². The van der Waals surface area contributed by atoms with Crippen molar-refractivity contribution < 1.29 is 14.3 Å². The van der Waals surface area contributed by atoms with Crippen molar-refractivity contribution in [1.29, 1.82) is 0 Å². The largest absolute Gasteiger partial charge is 0.478 e. The number of nitrogens with one attached hydrogen (secondary N) is 1. The van der Waals surface area contributed by atoms with Crippen LogP contribution in [-0.4, -0.2) is 39.5 Å². The van der Waals surface area contributed by atoms with E-state index in [1.54, 1.807) is 24.4 Å². The molecule has 1 aliphatic rings. The maximum absolute atomic E-state index is 11.5. The van der Waals surface area contributed by atoms with Crippen LogP contribution in [-0.2, 0) is 6.54 Å². The van der Waals surface area contributed by atoms with Gasteiger partial charge in [0.15, 0.2) is 0 Å². The van der Waals surface area contributed by atoms with Crippen molar-refractivity contribution >= 4 is 11.8 Å². The van der Waals surface area contributed by atoms with E-state index in [0.29, 0.717) is 17.9 Å². The molecule has 144 valence electrons. The number of likely N-dealkylation sites (tertiary alicyclic amines) is 1. The third-order valence-electron chi connectivity index (χ3n) is 5.06. The number of hydrogen-bond acceptors (Lipinski definition) is 6. The van der Waals surface area contributed by atoms with Crippen LogP contribution in [0.5, 0.6) is 0 Å². The van der Waals surface area contributed by atoms with E-state index >= 15 is 0 Å². The molecule has 2 N–H and O–H groups in total. The van der Waals surface area contributed by atoms with Crippen LogP contribution in [0, 0.1) is 0 Å². The quantitative estimate of drug-likeness (QED) is 0.674. The number of carbonyl (C=O) groups is 1. The molecule has 3 aromatic rings. The van der Waals surface area contributed by atoms with Crippen molar-refractivity contribution in [3.8, 4) is 11.3 Å². The van der Waals surface area contributed by atoms with Crippen LogP contribution in [0.15, 0.2) is 53.2 Å². The van der Waals surface area contributed by atoms with Crippen LogP contribution < -0.4 is 5.32 Å². The average molecular weight is 378 g/mol. The fraction of sp³-hybridized carbons (Fsp3) is 0.286. The fourth-order valence-electron chi connectivity index (χ4n) is 3.70. The predicted octanol–water partition coefficient (Wildman–Crippen LogP) is 3.81. The van der Waals surface area contributed by atoms with E-state index in [9.17, 15) is 9.90 Å². The molecule has 1 atom stereocenters. The Morgan fingerprint density at radius 2 is 2.14 bits per heavy atom. The van der Waals surface area contributed by atoms with E-state index in [-0.39, 0.29) is 11.6 Å². The molecule has 7 heteroatoms. The smallest absolute Gasteiger partial charge is 0.336 e. The summed E-state index contributed by atoms with van der Waals surface area (Å²) in [7, 11) is 1.83. The minimum absolute atomic E-state index is 0.195. The van der Waals surface area contributed by atoms with Crippen molar-refractivity contribution in [1.82, 2.24) is 14.9 Å². The molecule has 2 aromatic heterocycles. The Kier molecular flexibility index (Phi) is 5.08. The van der Waals surface area contributed by atoms with Gasteiger partial charge in [0.2, 0.25) is 0 Å². The topological polar surface area (TPSA) is 91.5 Å². The first-order chi connectivity index (χ1) is 13.7. The SMILES string of the molecule is CNc1cncc(C2CCCN2Cc2ccc(-c3ccccc3C(=O)O)o2)n1. The molecule has 3 heterocycles. The van der Waals surface area contributed by atoms with Gasteiger partial charge in [-0.05, 0) is 37.6 Å². The van der Waals surface area contributed by atoms with Gasteiger partial charge < -0.3 is 14.8 Å². The maximum Gasteiger partial charge on any atom is 0.336 e. The molecular formula is C21H22N4O3. The number of aromatic carboxylic acids is 1. The molecule has 1 saturated heterocycles. The summed E-state index contributed by atoms with van der Waals surface area (Å²) >= 11 is 0. The average Bonchev–Trinajstić information content (AvgIpc) is 3.38. The van der Waals surface area contributed by atoms with E-state index in [2.05, 4.69) is 20.2 Å². The number of benzene rings is 1. The molecule has 28 heavy (non-hydrogen) atoms. The number of aromatic nitrogens is 2. The van der Waals surface area contributed by atoms with Crippen LogP contribution in [0.1, 0.15) is 40.7 Å². The van der Waals surface area contributed by atoms with Gasteiger partial charge in [0.1, 0.15) is 17.3 Å². The van der Waals surface area contributed by atoms with E-state index in [0.717, 1.165) is 36.7 Å². The number of carboxylic acid groups (broad SMARTS) is 1. The summed E-state index contributed by atoms with van der Waals surface area (Å²) in [6.07, 6.45) is 5.64.